The summed E-state index contributed by atoms with van der Waals surface area (Å²) in [7, 11) is 0. The van der Waals surface area contributed by atoms with Crippen molar-refractivity contribution in [2.75, 3.05) is 0 Å². The summed E-state index contributed by atoms with van der Waals surface area (Å²) in [4.78, 5) is 3.59. The van der Waals surface area contributed by atoms with Gasteiger partial charge in [-0.25, -0.2) is 4.39 Å². The van der Waals surface area contributed by atoms with Gasteiger partial charge in [0.25, 0.3) is 0 Å². The van der Waals surface area contributed by atoms with Crippen LogP contribution < -0.4 is 0 Å². The monoisotopic (exact) mass is 237 g/mol. The lowest BCUT2D eigenvalue weighted by atomic mass is 10.1. The van der Waals surface area contributed by atoms with E-state index >= 15 is 0 Å². The molecular formula is C10H11F4NO. The second-order valence-corrected chi connectivity index (χ2v) is 3.39. The lowest BCUT2D eigenvalue weighted by molar-refractivity contribution is -0.136. The van der Waals surface area contributed by atoms with Gasteiger partial charge in [0.15, 0.2) is 0 Å². The fourth-order valence-electron chi connectivity index (χ4n) is 1.28. The van der Waals surface area contributed by atoms with Crippen LogP contribution in [0.5, 0.6) is 0 Å². The fourth-order valence-corrected chi connectivity index (χ4v) is 1.28. The minimum absolute atomic E-state index is 0.159. The van der Waals surface area contributed by atoms with Crippen molar-refractivity contribution in [1.82, 2.24) is 4.98 Å². The van der Waals surface area contributed by atoms with E-state index in [1.165, 1.54) is 12.3 Å². The molecule has 1 aromatic rings. The van der Waals surface area contributed by atoms with Crippen LogP contribution in [0.4, 0.5) is 17.6 Å². The van der Waals surface area contributed by atoms with Gasteiger partial charge in [0.1, 0.15) is 11.5 Å². The first-order chi connectivity index (χ1) is 7.40. The van der Waals surface area contributed by atoms with Gasteiger partial charge in [-0.3, -0.25) is 4.98 Å². The van der Waals surface area contributed by atoms with Gasteiger partial charge in [0, 0.05) is 12.6 Å². The third-order valence-corrected chi connectivity index (χ3v) is 2.04. The van der Waals surface area contributed by atoms with Crippen molar-refractivity contribution in [3.8, 4) is 0 Å². The lowest BCUT2D eigenvalue weighted by Crippen LogP contribution is -2.09. The number of alkyl halides is 3. The Labute approximate surface area is 89.9 Å². The zero-order valence-electron chi connectivity index (χ0n) is 8.34. The lowest BCUT2D eigenvalue weighted by Gasteiger charge is -2.11. The molecule has 0 fully saturated rings. The third kappa shape index (κ3) is 4.14. The number of rotatable bonds is 4. The van der Waals surface area contributed by atoms with Gasteiger partial charge < -0.3 is 5.11 Å². The average Bonchev–Trinajstić information content (AvgIpc) is 2.16. The van der Waals surface area contributed by atoms with E-state index in [0.29, 0.717) is 0 Å². The van der Waals surface area contributed by atoms with E-state index in [2.05, 4.69) is 4.98 Å². The first-order valence-electron chi connectivity index (χ1n) is 4.75. The molecular weight excluding hydrogens is 226 g/mol. The number of halogens is 4. The van der Waals surface area contributed by atoms with Crippen LogP contribution in [0.15, 0.2) is 18.3 Å². The Morgan fingerprint density at radius 2 is 2.06 bits per heavy atom. The van der Waals surface area contributed by atoms with Gasteiger partial charge in [0.2, 0.25) is 0 Å². The number of hydrogen-bond acceptors (Lipinski definition) is 2. The summed E-state index contributed by atoms with van der Waals surface area (Å²) in [5.41, 5.74) is -0.204. The Hall–Kier alpha value is -1.17. The van der Waals surface area contributed by atoms with Crippen LogP contribution in [0.25, 0.3) is 0 Å². The van der Waals surface area contributed by atoms with Crippen LogP contribution in [0.2, 0.25) is 0 Å². The Morgan fingerprint density at radius 3 is 2.62 bits per heavy atom. The number of nitrogens with zero attached hydrogens (tertiary/aromatic N) is 1. The van der Waals surface area contributed by atoms with Gasteiger partial charge in [-0.2, -0.15) is 13.2 Å². The van der Waals surface area contributed by atoms with Gasteiger partial charge in [-0.15, -0.1) is 0 Å². The molecule has 1 rings (SSSR count). The van der Waals surface area contributed by atoms with Crippen molar-refractivity contribution in [3.63, 3.8) is 0 Å². The molecule has 0 amide bonds. The first kappa shape index (κ1) is 12.9. The standard InChI is InChI=1S/C10H11F4NO/c11-7-3-2-6-15-9(7)8(16)4-1-5-10(12,13)14/h2-3,6,8,16H,1,4-5H2. The van der Waals surface area contributed by atoms with Crippen molar-refractivity contribution in [2.45, 2.75) is 31.5 Å². The molecule has 0 spiro atoms. The van der Waals surface area contributed by atoms with E-state index in [4.69, 9.17) is 0 Å². The summed E-state index contributed by atoms with van der Waals surface area (Å²) >= 11 is 0. The molecule has 1 aromatic heterocycles. The maximum Gasteiger partial charge on any atom is 0.389 e. The van der Waals surface area contributed by atoms with Crippen molar-refractivity contribution in [2.24, 2.45) is 0 Å². The number of aromatic nitrogens is 1. The predicted molar refractivity (Wildman–Crippen MR) is 49.1 cm³/mol. The van der Waals surface area contributed by atoms with E-state index < -0.39 is 24.5 Å². The first-order valence-corrected chi connectivity index (χ1v) is 4.75. The Kier molecular flexibility index (Phi) is 4.23. The number of aliphatic hydroxyl groups excluding tert-OH is 1. The third-order valence-electron chi connectivity index (χ3n) is 2.04. The molecule has 0 saturated heterocycles. The molecule has 1 N–H and O–H groups in total. The van der Waals surface area contributed by atoms with Crippen molar-refractivity contribution in [1.29, 1.82) is 0 Å². The predicted octanol–water partition coefficient (Wildman–Crippen LogP) is 2.99. The molecule has 0 aliphatic rings. The summed E-state index contributed by atoms with van der Waals surface area (Å²) < 4.78 is 48.5. The SMILES string of the molecule is OC(CCCC(F)(F)F)c1ncccc1F. The molecule has 2 nitrogen and oxygen atoms in total. The highest BCUT2D eigenvalue weighted by atomic mass is 19.4. The molecule has 0 aliphatic carbocycles. The van der Waals surface area contributed by atoms with Gasteiger partial charge in [-0.1, -0.05) is 0 Å². The Balaban J connectivity index is 2.47. The largest absolute Gasteiger partial charge is 0.389 e. The molecule has 16 heavy (non-hydrogen) atoms. The van der Waals surface area contributed by atoms with Gasteiger partial charge >= 0.3 is 6.18 Å². The van der Waals surface area contributed by atoms with Crippen molar-refractivity contribution >= 4 is 0 Å². The second kappa shape index (κ2) is 5.25. The molecule has 0 aromatic carbocycles. The zero-order chi connectivity index (χ0) is 12.2. The minimum atomic E-state index is -4.25. The van der Waals surface area contributed by atoms with Crippen LogP contribution in [-0.2, 0) is 0 Å². The van der Waals surface area contributed by atoms with Crippen LogP contribution in [-0.4, -0.2) is 16.3 Å². The summed E-state index contributed by atoms with van der Waals surface area (Å²) in [6.45, 7) is 0. The zero-order valence-corrected chi connectivity index (χ0v) is 8.34. The van der Waals surface area contributed by atoms with Crippen LogP contribution >= 0.6 is 0 Å². The molecule has 90 valence electrons. The number of aliphatic hydroxyl groups is 1. The smallest absolute Gasteiger partial charge is 0.387 e. The maximum absolute atomic E-state index is 13.1. The van der Waals surface area contributed by atoms with E-state index in [-0.39, 0.29) is 18.5 Å². The summed E-state index contributed by atoms with van der Waals surface area (Å²) in [5, 5.41) is 9.43. The van der Waals surface area contributed by atoms with Gasteiger partial charge in [-0.05, 0) is 25.0 Å². The molecule has 1 heterocycles. The summed E-state index contributed by atoms with van der Waals surface area (Å²) in [6, 6.07) is 2.45. The topological polar surface area (TPSA) is 33.1 Å². The molecule has 0 saturated carbocycles. The summed E-state index contributed by atoms with van der Waals surface area (Å²) in [5.74, 6) is -0.706. The highest BCUT2D eigenvalue weighted by Gasteiger charge is 2.27. The number of hydrogen-bond donors (Lipinski definition) is 1. The molecule has 1 atom stereocenters. The highest BCUT2D eigenvalue weighted by molar-refractivity contribution is 5.09. The van der Waals surface area contributed by atoms with Crippen LogP contribution in [0.3, 0.4) is 0 Å². The Morgan fingerprint density at radius 1 is 1.38 bits per heavy atom. The van der Waals surface area contributed by atoms with Crippen LogP contribution in [0, 0.1) is 5.82 Å². The second-order valence-electron chi connectivity index (χ2n) is 3.39. The quantitative estimate of drug-likeness (QED) is 0.816. The maximum atomic E-state index is 13.1. The molecule has 0 radical (unpaired) electrons. The molecule has 6 heteroatoms. The minimum Gasteiger partial charge on any atom is -0.387 e. The van der Waals surface area contributed by atoms with Crippen LogP contribution in [0.1, 0.15) is 31.1 Å². The van der Waals surface area contributed by atoms with Gasteiger partial charge in [0.05, 0.1) is 6.10 Å². The highest BCUT2D eigenvalue weighted by Crippen LogP contribution is 2.26. The van der Waals surface area contributed by atoms with E-state index in [9.17, 15) is 22.7 Å². The molecule has 0 aliphatic heterocycles. The molecule has 1 unspecified atom stereocenters. The fraction of sp³-hybridized carbons (Fsp3) is 0.500. The Bertz CT molecular complexity index is 340. The molecule has 0 bridgehead atoms. The van der Waals surface area contributed by atoms with Crippen molar-refractivity contribution < 1.29 is 22.7 Å². The number of pyridine rings is 1. The summed E-state index contributed by atoms with van der Waals surface area (Å²) in [6.07, 6.45) is -5.65. The van der Waals surface area contributed by atoms with E-state index in [1.807, 2.05) is 0 Å². The average molecular weight is 237 g/mol. The van der Waals surface area contributed by atoms with Crippen molar-refractivity contribution in [3.05, 3.63) is 29.8 Å². The van der Waals surface area contributed by atoms with E-state index in [0.717, 1.165) is 6.07 Å². The van der Waals surface area contributed by atoms with E-state index in [1.54, 1.807) is 0 Å². The normalized spacial score (nSPS) is 13.8.